The lowest BCUT2D eigenvalue weighted by Crippen LogP contribution is -2.19. The molecule has 2 unspecified atom stereocenters. The van der Waals surface area contributed by atoms with Crippen molar-refractivity contribution in [2.45, 2.75) is 25.7 Å². The molecule has 3 nitrogen and oxygen atoms in total. The van der Waals surface area contributed by atoms with Crippen molar-refractivity contribution in [1.29, 1.82) is 0 Å². The molecule has 1 aromatic carbocycles. The fraction of sp³-hybridized carbons (Fsp3) is 0.455. The van der Waals surface area contributed by atoms with Gasteiger partial charge in [-0.25, -0.2) is 0 Å². The number of hydrogen-bond donors (Lipinski definition) is 3. The molecule has 0 radical (unpaired) electrons. The quantitative estimate of drug-likeness (QED) is 0.680. The third-order valence-electron chi connectivity index (χ3n) is 2.41. The first-order valence-corrected chi connectivity index (χ1v) is 5.26. The lowest BCUT2D eigenvalue weighted by molar-refractivity contribution is 0.0326. The van der Waals surface area contributed by atoms with Crippen LogP contribution >= 0.6 is 11.6 Å². The fourth-order valence-corrected chi connectivity index (χ4v) is 1.52. The second kappa shape index (κ2) is 5.47. The minimum atomic E-state index is -1.01. The van der Waals surface area contributed by atoms with Gasteiger partial charge in [0, 0.05) is 0 Å². The van der Waals surface area contributed by atoms with E-state index in [0.29, 0.717) is 5.56 Å². The maximum Gasteiger partial charge on any atom is 0.106 e. The Morgan fingerprint density at radius 2 is 2.00 bits per heavy atom. The summed E-state index contributed by atoms with van der Waals surface area (Å²) in [6.45, 7) is 1.79. The molecule has 15 heavy (non-hydrogen) atoms. The first-order valence-electron chi connectivity index (χ1n) is 4.72. The van der Waals surface area contributed by atoms with Gasteiger partial charge in [-0.05, 0) is 23.6 Å². The van der Waals surface area contributed by atoms with Crippen LogP contribution in [-0.4, -0.2) is 27.3 Å². The Balaban J connectivity index is 2.95. The van der Waals surface area contributed by atoms with Crippen molar-refractivity contribution in [1.82, 2.24) is 0 Å². The molecule has 0 amide bonds. The number of alkyl halides is 1. The Morgan fingerprint density at radius 1 is 1.33 bits per heavy atom. The van der Waals surface area contributed by atoms with Gasteiger partial charge < -0.3 is 15.3 Å². The van der Waals surface area contributed by atoms with Crippen molar-refractivity contribution < 1.29 is 15.3 Å². The molecule has 0 saturated heterocycles. The topological polar surface area (TPSA) is 60.7 Å². The van der Waals surface area contributed by atoms with Crippen LogP contribution in [0.3, 0.4) is 0 Å². The molecule has 0 saturated carbocycles. The zero-order chi connectivity index (χ0) is 11.4. The van der Waals surface area contributed by atoms with Gasteiger partial charge >= 0.3 is 0 Å². The van der Waals surface area contributed by atoms with Gasteiger partial charge in [0.15, 0.2) is 0 Å². The number of halogens is 1. The molecule has 1 aromatic rings. The average Bonchev–Trinajstić information content (AvgIpc) is 2.27. The molecule has 2 atom stereocenters. The highest BCUT2D eigenvalue weighted by Crippen LogP contribution is 2.21. The molecule has 0 spiro atoms. The molecule has 0 bridgehead atoms. The molecule has 0 fully saturated rings. The summed E-state index contributed by atoms with van der Waals surface area (Å²) in [5.74, 6) is -0.0243. The highest BCUT2D eigenvalue weighted by Gasteiger charge is 2.17. The Kier molecular flexibility index (Phi) is 4.54. The first kappa shape index (κ1) is 12.5. The van der Waals surface area contributed by atoms with Crippen molar-refractivity contribution in [2.24, 2.45) is 0 Å². The summed E-state index contributed by atoms with van der Waals surface area (Å²) < 4.78 is 0. The Bertz CT molecular complexity index is 328. The van der Waals surface area contributed by atoms with Crippen LogP contribution in [0.5, 0.6) is 0 Å². The van der Waals surface area contributed by atoms with Crippen LogP contribution in [0.15, 0.2) is 18.2 Å². The molecule has 4 heteroatoms. The highest BCUT2D eigenvalue weighted by molar-refractivity contribution is 6.18. The zero-order valence-corrected chi connectivity index (χ0v) is 9.28. The summed E-state index contributed by atoms with van der Waals surface area (Å²) >= 11 is 5.44. The monoisotopic (exact) mass is 230 g/mol. The summed E-state index contributed by atoms with van der Waals surface area (Å²) in [7, 11) is 0. The van der Waals surface area contributed by atoms with E-state index >= 15 is 0 Å². The lowest BCUT2D eigenvalue weighted by Gasteiger charge is -2.17. The normalized spacial score (nSPS) is 15.0. The number of aliphatic hydroxyl groups is 3. The molecule has 0 aliphatic rings. The molecule has 0 aromatic heterocycles. The van der Waals surface area contributed by atoms with Crippen LogP contribution in [-0.2, 0) is 6.61 Å². The molecular weight excluding hydrogens is 216 g/mol. The van der Waals surface area contributed by atoms with Crippen LogP contribution in [0.2, 0.25) is 0 Å². The van der Waals surface area contributed by atoms with E-state index in [1.807, 2.05) is 6.92 Å². The zero-order valence-electron chi connectivity index (χ0n) is 8.52. The minimum absolute atomic E-state index is 0.0243. The summed E-state index contributed by atoms with van der Waals surface area (Å²) in [4.78, 5) is 0. The minimum Gasteiger partial charge on any atom is -0.392 e. The predicted molar refractivity (Wildman–Crippen MR) is 58.8 cm³/mol. The van der Waals surface area contributed by atoms with Crippen molar-refractivity contribution >= 4 is 11.6 Å². The lowest BCUT2D eigenvalue weighted by atomic mass is 10.00. The van der Waals surface area contributed by atoms with E-state index in [2.05, 4.69) is 0 Å². The number of aryl methyl sites for hydroxylation is 1. The number of hydrogen-bond acceptors (Lipinski definition) is 3. The average molecular weight is 231 g/mol. The Labute approximate surface area is 93.9 Å². The third-order valence-corrected chi connectivity index (χ3v) is 2.72. The molecule has 84 valence electrons. The predicted octanol–water partition coefficient (Wildman–Crippen LogP) is 1.12. The number of aliphatic hydroxyl groups excluding tert-OH is 3. The third kappa shape index (κ3) is 2.92. The molecule has 0 aliphatic heterocycles. The van der Waals surface area contributed by atoms with Gasteiger partial charge in [0.25, 0.3) is 0 Å². The largest absolute Gasteiger partial charge is 0.392 e. The SMILES string of the molecule is Cc1ccc(C(O)C(O)CCl)cc1CO. The highest BCUT2D eigenvalue weighted by atomic mass is 35.5. The maximum atomic E-state index is 9.68. The smallest absolute Gasteiger partial charge is 0.106 e. The summed E-state index contributed by atoms with van der Waals surface area (Å²) in [6, 6.07) is 5.19. The van der Waals surface area contributed by atoms with Gasteiger partial charge in [0.05, 0.1) is 18.6 Å². The maximum absolute atomic E-state index is 9.68. The van der Waals surface area contributed by atoms with Gasteiger partial charge in [-0.2, -0.15) is 0 Å². The van der Waals surface area contributed by atoms with Crippen LogP contribution in [0.4, 0.5) is 0 Å². The van der Waals surface area contributed by atoms with Crippen molar-refractivity contribution in [3.05, 3.63) is 34.9 Å². The van der Waals surface area contributed by atoms with E-state index in [-0.39, 0.29) is 12.5 Å². The molecule has 3 N–H and O–H groups in total. The fourth-order valence-electron chi connectivity index (χ4n) is 1.35. The Morgan fingerprint density at radius 3 is 2.53 bits per heavy atom. The van der Waals surface area contributed by atoms with Gasteiger partial charge in [0.2, 0.25) is 0 Å². The van der Waals surface area contributed by atoms with E-state index in [0.717, 1.165) is 11.1 Å². The van der Waals surface area contributed by atoms with Crippen molar-refractivity contribution in [3.63, 3.8) is 0 Å². The number of rotatable bonds is 4. The molecule has 0 aliphatic carbocycles. The van der Waals surface area contributed by atoms with E-state index in [1.54, 1.807) is 18.2 Å². The van der Waals surface area contributed by atoms with E-state index in [9.17, 15) is 10.2 Å². The number of benzene rings is 1. The first-order chi connectivity index (χ1) is 7.10. The second-order valence-corrected chi connectivity index (χ2v) is 3.82. The van der Waals surface area contributed by atoms with Crippen LogP contribution in [0.1, 0.15) is 22.8 Å². The van der Waals surface area contributed by atoms with Crippen LogP contribution < -0.4 is 0 Å². The summed E-state index contributed by atoms with van der Waals surface area (Å²) in [6.07, 6.45) is -1.99. The second-order valence-electron chi connectivity index (χ2n) is 3.51. The molecular formula is C11H15ClO3. The van der Waals surface area contributed by atoms with Gasteiger partial charge in [-0.15, -0.1) is 11.6 Å². The van der Waals surface area contributed by atoms with Crippen molar-refractivity contribution in [2.75, 3.05) is 5.88 Å². The van der Waals surface area contributed by atoms with E-state index in [4.69, 9.17) is 16.7 Å². The molecule has 0 heterocycles. The van der Waals surface area contributed by atoms with Crippen LogP contribution in [0, 0.1) is 6.92 Å². The summed E-state index contributed by atoms with van der Waals surface area (Å²) in [5, 5.41) is 28.1. The van der Waals surface area contributed by atoms with E-state index in [1.165, 1.54) is 0 Å². The van der Waals surface area contributed by atoms with Crippen LogP contribution in [0.25, 0.3) is 0 Å². The summed E-state index contributed by atoms with van der Waals surface area (Å²) in [5.41, 5.74) is 2.26. The van der Waals surface area contributed by atoms with Gasteiger partial charge in [-0.1, -0.05) is 18.2 Å². The van der Waals surface area contributed by atoms with Gasteiger partial charge in [0.1, 0.15) is 6.10 Å². The molecule has 1 rings (SSSR count). The van der Waals surface area contributed by atoms with Gasteiger partial charge in [-0.3, -0.25) is 0 Å². The Hall–Kier alpha value is -0.610. The standard InChI is InChI=1S/C11H15ClO3/c1-7-2-3-8(4-9(7)6-13)11(15)10(14)5-12/h2-4,10-11,13-15H,5-6H2,1H3. The van der Waals surface area contributed by atoms with Crippen molar-refractivity contribution in [3.8, 4) is 0 Å². The van der Waals surface area contributed by atoms with E-state index < -0.39 is 12.2 Å².